The number of allylic oxidation sites excluding steroid dienone is 2. The van der Waals surface area contributed by atoms with Crippen molar-refractivity contribution in [2.24, 2.45) is 11.3 Å². The average molecular weight is 250 g/mol. The number of esters is 1. The summed E-state index contributed by atoms with van der Waals surface area (Å²) in [4.78, 5) is 12.1. The standard InChI is InChI=1S/C16H26O2/c1-7-16(5,6)15(17)18-14-10-13(11(2)3)9-8-12(14)4/h8,13-14H,2,7,9-10H2,1,3-6H3/t13-,14+/m0/s1. The molecule has 2 atom stereocenters. The molecule has 1 aliphatic rings. The summed E-state index contributed by atoms with van der Waals surface area (Å²) in [5, 5.41) is 0. The van der Waals surface area contributed by atoms with E-state index in [2.05, 4.69) is 12.7 Å². The molecule has 2 nitrogen and oxygen atoms in total. The van der Waals surface area contributed by atoms with Crippen LogP contribution < -0.4 is 0 Å². The van der Waals surface area contributed by atoms with Crippen LogP contribution in [0.1, 0.15) is 53.9 Å². The molecular formula is C16H26O2. The molecule has 0 radical (unpaired) electrons. The monoisotopic (exact) mass is 250 g/mol. The SMILES string of the molecule is C=C(C)[C@H]1CC=C(C)[C@H](OC(=O)C(C)(C)CC)C1. The summed E-state index contributed by atoms with van der Waals surface area (Å²) in [6, 6.07) is 0. The minimum atomic E-state index is -0.392. The van der Waals surface area contributed by atoms with Gasteiger partial charge in [0.2, 0.25) is 0 Å². The molecule has 0 bridgehead atoms. The van der Waals surface area contributed by atoms with Crippen LogP contribution in [-0.2, 0) is 9.53 Å². The van der Waals surface area contributed by atoms with Crippen molar-refractivity contribution in [3.63, 3.8) is 0 Å². The first-order valence-corrected chi connectivity index (χ1v) is 6.81. The molecule has 102 valence electrons. The third kappa shape index (κ3) is 3.47. The van der Waals surface area contributed by atoms with Crippen molar-refractivity contribution in [2.75, 3.05) is 0 Å². The van der Waals surface area contributed by atoms with Gasteiger partial charge in [0, 0.05) is 0 Å². The molecule has 0 aliphatic heterocycles. The fourth-order valence-electron chi connectivity index (χ4n) is 1.98. The van der Waals surface area contributed by atoms with Crippen LogP contribution in [-0.4, -0.2) is 12.1 Å². The first-order valence-electron chi connectivity index (χ1n) is 6.81. The highest BCUT2D eigenvalue weighted by Gasteiger charge is 2.32. The number of carbonyl (C=O) groups is 1. The Kier molecular flexibility index (Phi) is 4.78. The quantitative estimate of drug-likeness (QED) is 0.550. The molecule has 0 aromatic carbocycles. The second-order valence-corrected chi connectivity index (χ2v) is 6.09. The molecule has 0 N–H and O–H groups in total. The highest BCUT2D eigenvalue weighted by atomic mass is 16.5. The normalized spacial score (nSPS) is 24.4. The van der Waals surface area contributed by atoms with Gasteiger partial charge in [0.1, 0.15) is 6.10 Å². The zero-order valence-electron chi connectivity index (χ0n) is 12.4. The molecule has 0 amide bonds. The second kappa shape index (κ2) is 5.73. The topological polar surface area (TPSA) is 26.3 Å². The highest BCUT2D eigenvalue weighted by Crippen LogP contribution is 2.32. The van der Waals surface area contributed by atoms with E-state index in [1.807, 2.05) is 34.6 Å². The van der Waals surface area contributed by atoms with Gasteiger partial charge < -0.3 is 4.74 Å². The Labute approximate surface area is 111 Å². The second-order valence-electron chi connectivity index (χ2n) is 6.09. The Morgan fingerprint density at radius 3 is 2.67 bits per heavy atom. The lowest BCUT2D eigenvalue weighted by atomic mass is 9.83. The fraction of sp³-hybridized carbons (Fsp3) is 0.688. The van der Waals surface area contributed by atoms with E-state index in [9.17, 15) is 4.79 Å². The summed E-state index contributed by atoms with van der Waals surface area (Å²) in [6.07, 6.45) is 4.80. The average Bonchev–Trinajstić information content (AvgIpc) is 2.31. The lowest BCUT2D eigenvalue weighted by molar-refractivity contribution is -0.158. The predicted molar refractivity (Wildman–Crippen MR) is 75.2 cm³/mol. The zero-order valence-corrected chi connectivity index (χ0v) is 12.4. The third-order valence-corrected chi connectivity index (χ3v) is 4.11. The van der Waals surface area contributed by atoms with E-state index in [0.29, 0.717) is 5.92 Å². The number of hydrogen-bond acceptors (Lipinski definition) is 2. The van der Waals surface area contributed by atoms with E-state index in [4.69, 9.17) is 4.74 Å². The van der Waals surface area contributed by atoms with Gasteiger partial charge in [-0.15, -0.1) is 0 Å². The predicted octanol–water partition coefficient (Wildman–Crippen LogP) is 4.27. The molecule has 18 heavy (non-hydrogen) atoms. The van der Waals surface area contributed by atoms with Crippen molar-refractivity contribution >= 4 is 5.97 Å². The Morgan fingerprint density at radius 1 is 1.56 bits per heavy atom. The molecule has 0 aromatic heterocycles. The molecule has 0 aromatic rings. The van der Waals surface area contributed by atoms with Gasteiger partial charge in [-0.3, -0.25) is 4.79 Å². The van der Waals surface area contributed by atoms with Crippen molar-refractivity contribution in [1.29, 1.82) is 0 Å². The lowest BCUT2D eigenvalue weighted by Gasteiger charge is -2.31. The van der Waals surface area contributed by atoms with Crippen molar-refractivity contribution < 1.29 is 9.53 Å². The summed E-state index contributed by atoms with van der Waals surface area (Å²) >= 11 is 0. The molecule has 1 rings (SSSR count). The van der Waals surface area contributed by atoms with Gasteiger partial charge >= 0.3 is 5.97 Å². The van der Waals surface area contributed by atoms with Crippen molar-refractivity contribution in [1.82, 2.24) is 0 Å². The Bertz CT molecular complexity index is 363. The smallest absolute Gasteiger partial charge is 0.312 e. The van der Waals surface area contributed by atoms with Crippen LogP contribution in [0.2, 0.25) is 0 Å². The van der Waals surface area contributed by atoms with Crippen LogP contribution in [0, 0.1) is 11.3 Å². The number of carbonyl (C=O) groups excluding carboxylic acids is 1. The van der Waals surface area contributed by atoms with Gasteiger partial charge in [-0.2, -0.15) is 0 Å². The largest absolute Gasteiger partial charge is 0.457 e. The Balaban J connectivity index is 2.72. The highest BCUT2D eigenvalue weighted by molar-refractivity contribution is 5.76. The first kappa shape index (κ1) is 15.0. The van der Waals surface area contributed by atoms with Gasteiger partial charge in [0.05, 0.1) is 5.41 Å². The van der Waals surface area contributed by atoms with Gasteiger partial charge in [0.15, 0.2) is 0 Å². The minimum Gasteiger partial charge on any atom is -0.457 e. The number of hydrogen-bond donors (Lipinski definition) is 0. The maximum Gasteiger partial charge on any atom is 0.312 e. The summed E-state index contributed by atoms with van der Waals surface area (Å²) < 4.78 is 5.69. The lowest BCUT2D eigenvalue weighted by Crippen LogP contribution is -2.33. The summed E-state index contributed by atoms with van der Waals surface area (Å²) in [5.74, 6) is 0.348. The molecule has 0 saturated carbocycles. The van der Waals surface area contributed by atoms with Crippen molar-refractivity contribution in [3.8, 4) is 0 Å². The maximum absolute atomic E-state index is 12.1. The summed E-state index contributed by atoms with van der Waals surface area (Å²) in [6.45, 7) is 14.0. The van der Waals surface area contributed by atoms with E-state index in [-0.39, 0.29) is 12.1 Å². The minimum absolute atomic E-state index is 0.0706. The molecule has 0 unspecified atom stereocenters. The van der Waals surface area contributed by atoms with E-state index < -0.39 is 5.41 Å². The number of rotatable bonds is 4. The van der Waals surface area contributed by atoms with Gasteiger partial charge in [-0.05, 0) is 58.4 Å². The van der Waals surface area contributed by atoms with Crippen LogP contribution >= 0.6 is 0 Å². The van der Waals surface area contributed by atoms with Crippen LogP contribution in [0.3, 0.4) is 0 Å². The van der Waals surface area contributed by atoms with Crippen molar-refractivity contribution in [2.45, 2.75) is 60.0 Å². The molecule has 0 heterocycles. The van der Waals surface area contributed by atoms with Crippen molar-refractivity contribution in [3.05, 3.63) is 23.8 Å². The maximum atomic E-state index is 12.1. The van der Waals surface area contributed by atoms with E-state index >= 15 is 0 Å². The Hall–Kier alpha value is -1.05. The summed E-state index contributed by atoms with van der Waals surface area (Å²) in [5.41, 5.74) is 1.96. The van der Waals surface area contributed by atoms with Gasteiger partial charge in [-0.25, -0.2) is 0 Å². The number of ether oxygens (including phenoxy) is 1. The fourth-order valence-corrected chi connectivity index (χ4v) is 1.98. The van der Waals surface area contributed by atoms with Gasteiger partial charge in [-0.1, -0.05) is 25.2 Å². The summed E-state index contributed by atoms with van der Waals surface area (Å²) in [7, 11) is 0. The first-order chi connectivity index (χ1) is 8.27. The Morgan fingerprint density at radius 2 is 2.17 bits per heavy atom. The van der Waals surface area contributed by atoms with E-state index in [1.165, 1.54) is 11.1 Å². The van der Waals surface area contributed by atoms with E-state index in [1.54, 1.807) is 0 Å². The zero-order chi connectivity index (χ0) is 13.9. The van der Waals surface area contributed by atoms with Crippen LogP contribution in [0.5, 0.6) is 0 Å². The van der Waals surface area contributed by atoms with E-state index in [0.717, 1.165) is 19.3 Å². The molecular weight excluding hydrogens is 224 g/mol. The third-order valence-electron chi connectivity index (χ3n) is 4.11. The van der Waals surface area contributed by atoms with Crippen LogP contribution in [0.15, 0.2) is 23.8 Å². The van der Waals surface area contributed by atoms with Crippen LogP contribution in [0.4, 0.5) is 0 Å². The molecule has 0 spiro atoms. The van der Waals surface area contributed by atoms with Crippen LogP contribution in [0.25, 0.3) is 0 Å². The molecule has 0 saturated heterocycles. The molecule has 0 fully saturated rings. The molecule has 1 aliphatic carbocycles. The van der Waals surface area contributed by atoms with Gasteiger partial charge in [0.25, 0.3) is 0 Å². The molecule has 2 heteroatoms.